The maximum Gasteiger partial charge on any atom is 0.269 e. The summed E-state index contributed by atoms with van der Waals surface area (Å²) >= 11 is 0. The quantitative estimate of drug-likeness (QED) is 0.560. The van der Waals surface area contributed by atoms with Crippen molar-refractivity contribution in [2.75, 3.05) is 7.11 Å². The first kappa shape index (κ1) is 19.8. The summed E-state index contributed by atoms with van der Waals surface area (Å²) in [5.41, 5.74) is 4.65. The fourth-order valence-corrected chi connectivity index (χ4v) is 2.40. The van der Waals surface area contributed by atoms with E-state index in [4.69, 9.17) is 10.5 Å². The van der Waals surface area contributed by atoms with Crippen molar-refractivity contribution in [1.29, 1.82) is 0 Å². The maximum absolute atomic E-state index is 13.7. The Morgan fingerprint density at radius 2 is 2.00 bits per heavy atom. The van der Waals surface area contributed by atoms with E-state index in [2.05, 4.69) is 5.32 Å². The van der Waals surface area contributed by atoms with Crippen LogP contribution in [-0.4, -0.2) is 29.9 Å². The lowest BCUT2D eigenvalue weighted by atomic mass is 10.0. The Kier molecular flexibility index (Phi) is 6.01. The predicted octanol–water partition coefficient (Wildman–Crippen LogP) is 1.71. The molecule has 0 radical (unpaired) electrons. The minimum absolute atomic E-state index is 0.232. The minimum atomic E-state index is -1.37. The number of amides is 2. The third-order valence-corrected chi connectivity index (χ3v) is 3.74. The highest BCUT2D eigenvalue weighted by Crippen LogP contribution is 2.25. The molecule has 1 atom stereocenters. The Bertz CT molecular complexity index is 904. The van der Waals surface area contributed by atoms with Crippen LogP contribution in [0.5, 0.6) is 5.75 Å². The highest BCUT2D eigenvalue weighted by molar-refractivity contribution is 5.97. The molecule has 8 nitrogen and oxygen atoms in total. The molecule has 0 heterocycles. The molecule has 0 saturated carbocycles. The maximum atomic E-state index is 13.7. The first-order valence-electron chi connectivity index (χ1n) is 7.60. The van der Waals surface area contributed by atoms with E-state index < -0.39 is 40.0 Å². The van der Waals surface area contributed by atoms with Gasteiger partial charge in [-0.05, 0) is 18.2 Å². The van der Waals surface area contributed by atoms with E-state index in [1.165, 1.54) is 25.3 Å². The average molecular weight is 379 g/mol. The van der Waals surface area contributed by atoms with Crippen molar-refractivity contribution in [3.63, 3.8) is 0 Å². The van der Waals surface area contributed by atoms with Crippen LogP contribution in [0.15, 0.2) is 36.4 Å². The number of carbonyl (C=O) groups is 2. The number of ether oxygens (including phenoxy) is 1. The van der Waals surface area contributed by atoms with E-state index in [1.807, 2.05) is 0 Å². The summed E-state index contributed by atoms with van der Waals surface area (Å²) in [6.45, 7) is 0. The van der Waals surface area contributed by atoms with Crippen LogP contribution in [0.3, 0.4) is 0 Å². The molecule has 0 spiro atoms. The number of nitro groups is 1. The van der Waals surface area contributed by atoms with E-state index in [-0.39, 0.29) is 23.4 Å². The molecule has 0 unspecified atom stereocenters. The molecule has 10 heteroatoms. The van der Waals surface area contributed by atoms with Gasteiger partial charge >= 0.3 is 0 Å². The third kappa shape index (κ3) is 4.54. The Balaban J connectivity index is 2.30. The molecule has 142 valence electrons. The molecule has 0 aliphatic heterocycles. The Labute approximate surface area is 152 Å². The summed E-state index contributed by atoms with van der Waals surface area (Å²) in [4.78, 5) is 34.2. The highest BCUT2D eigenvalue weighted by atomic mass is 19.2. The molecule has 2 aromatic carbocycles. The molecular weight excluding hydrogens is 364 g/mol. The Morgan fingerprint density at radius 3 is 2.59 bits per heavy atom. The second-order valence-corrected chi connectivity index (χ2v) is 5.49. The van der Waals surface area contributed by atoms with Crippen molar-refractivity contribution in [2.24, 2.45) is 5.73 Å². The van der Waals surface area contributed by atoms with Crippen LogP contribution < -0.4 is 15.8 Å². The number of halogens is 2. The van der Waals surface area contributed by atoms with Gasteiger partial charge in [-0.3, -0.25) is 19.7 Å². The van der Waals surface area contributed by atoms with Gasteiger partial charge in [0, 0.05) is 24.1 Å². The summed E-state index contributed by atoms with van der Waals surface area (Å²) in [6.07, 6.45) is -0.247. The molecule has 0 aliphatic rings. The van der Waals surface area contributed by atoms with E-state index >= 15 is 0 Å². The summed E-state index contributed by atoms with van der Waals surface area (Å²) in [7, 11) is 1.32. The van der Waals surface area contributed by atoms with E-state index in [0.717, 1.165) is 18.2 Å². The molecule has 2 rings (SSSR count). The summed E-state index contributed by atoms with van der Waals surface area (Å²) in [5.74, 6) is -4.38. The number of hydrogen-bond acceptors (Lipinski definition) is 5. The summed E-state index contributed by atoms with van der Waals surface area (Å²) in [5, 5.41) is 13.1. The van der Waals surface area contributed by atoms with Gasteiger partial charge in [0.25, 0.3) is 11.6 Å². The molecular formula is C17H15F2N3O5. The normalized spacial score (nSPS) is 11.5. The first-order valence-corrected chi connectivity index (χ1v) is 7.60. The van der Waals surface area contributed by atoms with Crippen molar-refractivity contribution in [1.82, 2.24) is 5.32 Å². The molecule has 0 bridgehead atoms. The lowest BCUT2D eigenvalue weighted by Gasteiger charge is -2.17. The van der Waals surface area contributed by atoms with Gasteiger partial charge in [0.05, 0.1) is 17.6 Å². The zero-order chi connectivity index (χ0) is 20.1. The molecule has 0 aliphatic carbocycles. The average Bonchev–Trinajstić information content (AvgIpc) is 2.62. The van der Waals surface area contributed by atoms with Gasteiger partial charge in [-0.1, -0.05) is 6.07 Å². The standard InChI is InChI=1S/C17H15F2N3O5/c1-27-14-6-5-10(22(25)26)7-9(14)8-13(16(20)23)21-17(24)11-3-2-4-12(18)15(11)19/h2-7,13H,8H2,1H3,(H2,20,23)(H,21,24)/t13-/m0/s1. The minimum Gasteiger partial charge on any atom is -0.496 e. The third-order valence-electron chi connectivity index (χ3n) is 3.74. The molecule has 2 aromatic rings. The van der Waals surface area contributed by atoms with Crippen LogP contribution in [0.4, 0.5) is 14.5 Å². The van der Waals surface area contributed by atoms with Crippen LogP contribution in [-0.2, 0) is 11.2 Å². The number of nitrogens with two attached hydrogens (primary N) is 1. The number of benzene rings is 2. The summed E-state index contributed by atoms with van der Waals surface area (Å²) < 4.78 is 32.1. The van der Waals surface area contributed by atoms with Gasteiger partial charge < -0.3 is 15.8 Å². The SMILES string of the molecule is COc1ccc([N+](=O)[O-])cc1C[C@H](NC(=O)c1cccc(F)c1F)C(N)=O. The molecule has 0 saturated heterocycles. The molecule has 0 fully saturated rings. The number of rotatable bonds is 7. The second kappa shape index (κ2) is 8.21. The fourth-order valence-electron chi connectivity index (χ4n) is 2.40. The number of hydrogen-bond donors (Lipinski definition) is 2. The number of nitro benzene ring substituents is 1. The largest absolute Gasteiger partial charge is 0.496 e. The monoisotopic (exact) mass is 379 g/mol. The number of nitrogens with zero attached hydrogens (tertiary/aromatic N) is 1. The van der Waals surface area contributed by atoms with Crippen molar-refractivity contribution >= 4 is 17.5 Å². The van der Waals surface area contributed by atoms with Crippen LogP contribution in [0.1, 0.15) is 15.9 Å². The Hall–Kier alpha value is -3.56. The van der Waals surface area contributed by atoms with Crippen LogP contribution in [0, 0.1) is 21.7 Å². The van der Waals surface area contributed by atoms with Gasteiger partial charge in [0.15, 0.2) is 11.6 Å². The Morgan fingerprint density at radius 1 is 1.30 bits per heavy atom. The highest BCUT2D eigenvalue weighted by Gasteiger charge is 2.24. The van der Waals surface area contributed by atoms with E-state index in [1.54, 1.807) is 0 Å². The number of carbonyl (C=O) groups excluding carboxylic acids is 2. The lowest BCUT2D eigenvalue weighted by Crippen LogP contribution is -2.46. The van der Waals surface area contributed by atoms with Crippen molar-refractivity contribution in [2.45, 2.75) is 12.5 Å². The predicted molar refractivity (Wildman–Crippen MR) is 90.2 cm³/mol. The number of nitrogens with one attached hydrogen (secondary N) is 1. The van der Waals surface area contributed by atoms with Gasteiger partial charge in [-0.2, -0.15) is 0 Å². The van der Waals surface area contributed by atoms with Crippen molar-refractivity contribution in [3.8, 4) is 5.75 Å². The van der Waals surface area contributed by atoms with Gasteiger partial charge in [-0.25, -0.2) is 8.78 Å². The molecule has 0 aromatic heterocycles. The molecule has 27 heavy (non-hydrogen) atoms. The zero-order valence-electron chi connectivity index (χ0n) is 14.1. The van der Waals surface area contributed by atoms with Gasteiger partial charge in [0.2, 0.25) is 5.91 Å². The smallest absolute Gasteiger partial charge is 0.269 e. The van der Waals surface area contributed by atoms with Crippen LogP contribution in [0.2, 0.25) is 0 Å². The molecule has 3 N–H and O–H groups in total. The van der Waals surface area contributed by atoms with Crippen LogP contribution in [0.25, 0.3) is 0 Å². The lowest BCUT2D eigenvalue weighted by molar-refractivity contribution is -0.384. The van der Waals surface area contributed by atoms with Crippen molar-refractivity contribution in [3.05, 3.63) is 69.3 Å². The van der Waals surface area contributed by atoms with Gasteiger partial charge in [0.1, 0.15) is 11.8 Å². The molecule has 2 amide bonds. The second-order valence-electron chi connectivity index (χ2n) is 5.49. The number of primary amides is 1. The number of methoxy groups -OCH3 is 1. The van der Waals surface area contributed by atoms with E-state index in [9.17, 15) is 28.5 Å². The topological polar surface area (TPSA) is 125 Å². The summed E-state index contributed by atoms with van der Waals surface area (Å²) in [6, 6.07) is 5.39. The zero-order valence-corrected chi connectivity index (χ0v) is 14.1. The number of non-ortho nitro benzene ring substituents is 1. The van der Waals surface area contributed by atoms with Crippen molar-refractivity contribution < 1.29 is 28.0 Å². The van der Waals surface area contributed by atoms with E-state index in [0.29, 0.717) is 0 Å². The van der Waals surface area contributed by atoms with Gasteiger partial charge in [-0.15, -0.1) is 0 Å². The first-order chi connectivity index (χ1) is 12.7. The fraction of sp³-hybridized carbons (Fsp3) is 0.176. The van der Waals surface area contributed by atoms with Crippen LogP contribution >= 0.6 is 0 Å².